The molecule has 0 fully saturated rings. The third-order valence-corrected chi connectivity index (χ3v) is 3.61. The number of halogens is 1. The summed E-state index contributed by atoms with van der Waals surface area (Å²) in [5.74, 6) is 1.18. The van der Waals surface area contributed by atoms with Gasteiger partial charge in [-0.05, 0) is 53.3 Å². The number of aliphatic imine (C=N–C) groups is 1. The summed E-state index contributed by atoms with van der Waals surface area (Å²) in [6.45, 7) is 0.958. The maximum Gasteiger partial charge on any atom is 0.161 e. The molecule has 1 N–H and O–H groups in total. The van der Waals surface area contributed by atoms with Crippen LogP contribution >= 0.6 is 34.4 Å². The SMILES string of the molecule is Ic1ccc(NC2=NCCCS2)cc1. The largest absolute Gasteiger partial charge is 0.335 e. The molecule has 0 aliphatic carbocycles. The van der Waals surface area contributed by atoms with Gasteiger partial charge >= 0.3 is 0 Å². The van der Waals surface area contributed by atoms with Crippen LogP contribution < -0.4 is 5.32 Å². The lowest BCUT2D eigenvalue weighted by Gasteiger charge is -2.12. The second kappa shape index (κ2) is 5.02. The normalized spacial score (nSPS) is 16.2. The molecule has 0 saturated heterocycles. The molecular weight excluding hydrogens is 307 g/mol. The first kappa shape index (κ1) is 10.3. The van der Waals surface area contributed by atoms with Gasteiger partial charge in [0.2, 0.25) is 0 Å². The summed E-state index contributed by atoms with van der Waals surface area (Å²) in [6.07, 6.45) is 1.20. The summed E-state index contributed by atoms with van der Waals surface area (Å²) in [5.41, 5.74) is 1.12. The van der Waals surface area contributed by atoms with Gasteiger partial charge in [-0.15, -0.1) is 0 Å². The van der Waals surface area contributed by atoms with Crippen LogP contribution in [0.3, 0.4) is 0 Å². The van der Waals surface area contributed by atoms with Crippen molar-refractivity contribution in [2.75, 3.05) is 17.6 Å². The van der Waals surface area contributed by atoms with E-state index in [1.807, 2.05) is 0 Å². The predicted molar refractivity (Wildman–Crippen MR) is 72.2 cm³/mol. The quantitative estimate of drug-likeness (QED) is 0.804. The molecule has 0 radical (unpaired) electrons. The second-order valence-electron chi connectivity index (χ2n) is 3.02. The van der Waals surface area contributed by atoms with Gasteiger partial charge in [-0.3, -0.25) is 4.99 Å². The Morgan fingerprint density at radius 3 is 2.71 bits per heavy atom. The standard InChI is InChI=1S/C10H11IN2S/c11-8-2-4-9(5-3-8)13-10-12-6-1-7-14-10/h2-5H,1,6-7H2,(H,12,13). The minimum Gasteiger partial charge on any atom is -0.335 e. The van der Waals surface area contributed by atoms with E-state index in [1.165, 1.54) is 15.7 Å². The monoisotopic (exact) mass is 318 g/mol. The minimum absolute atomic E-state index is 0.958. The fourth-order valence-corrected chi connectivity index (χ4v) is 2.39. The topological polar surface area (TPSA) is 24.4 Å². The van der Waals surface area contributed by atoms with Gasteiger partial charge in [-0.2, -0.15) is 0 Å². The molecule has 0 saturated carbocycles. The molecule has 2 rings (SSSR count). The average Bonchev–Trinajstić information content (AvgIpc) is 2.23. The Hall–Kier alpha value is -0.230. The number of hydrogen-bond acceptors (Lipinski definition) is 3. The number of benzene rings is 1. The Labute approximate surface area is 102 Å². The van der Waals surface area contributed by atoms with Gasteiger partial charge in [0.1, 0.15) is 0 Å². The number of nitrogens with one attached hydrogen (secondary N) is 1. The Morgan fingerprint density at radius 1 is 1.29 bits per heavy atom. The molecule has 14 heavy (non-hydrogen) atoms. The average molecular weight is 318 g/mol. The molecule has 1 aliphatic heterocycles. The fraction of sp³-hybridized carbons (Fsp3) is 0.300. The van der Waals surface area contributed by atoms with Crippen molar-refractivity contribution in [1.82, 2.24) is 0 Å². The molecule has 1 aromatic rings. The molecule has 1 heterocycles. The van der Waals surface area contributed by atoms with Crippen LogP contribution in [0.25, 0.3) is 0 Å². The van der Waals surface area contributed by atoms with Crippen LogP contribution in [0.4, 0.5) is 5.69 Å². The molecule has 4 heteroatoms. The van der Waals surface area contributed by atoms with Gasteiger partial charge in [0.15, 0.2) is 5.17 Å². The molecule has 1 aromatic carbocycles. The third kappa shape index (κ3) is 2.88. The zero-order chi connectivity index (χ0) is 9.80. The summed E-state index contributed by atoms with van der Waals surface area (Å²) in [4.78, 5) is 4.41. The van der Waals surface area contributed by atoms with Gasteiger partial charge in [-0.1, -0.05) is 11.8 Å². The fourth-order valence-electron chi connectivity index (χ4n) is 1.19. The maximum absolute atomic E-state index is 4.41. The van der Waals surface area contributed by atoms with E-state index in [9.17, 15) is 0 Å². The van der Waals surface area contributed by atoms with Crippen molar-refractivity contribution in [3.63, 3.8) is 0 Å². The van der Waals surface area contributed by atoms with E-state index in [2.05, 4.69) is 57.2 Å². The molecule has 0 aromatic heterocycles. The highest BCUT2D eigenvalue weighted by atomic mass is 127. The van der Waals surface area contributed by atoms with Crippen molar-refractivity contribution in [3.8, 4) is 0 Å². The van der Waals surface area contributed by atoms with Crippen molar-refractivity contribution in [3.05, 3.63) is 27.8 Å². The van der Waals surface area contributed by atoms with Crippen LogP contribution in [0.5, 0.6) is 0 Å². The number of nitrogens with zero attached hydrogens (tertiary/aromatic N) is 1. The van der Waals surface area contributed by atoms with Crippen LogP contribution in [0.2, 0.25) is 0 Å². The third-order valence-electron chi connectivity index (χ3n) is 1.89. The summed E-state index contributed by atoms with van der Waals surface area (Å²) >= 11 is 4.10. The van der Waals surface area contributed by atoms with Crippen molar-refractivity contribution < 1.29 is 0 Å². The van der Waals surface area contributed by atoms with E-state index in [-0.39, 0.29) is 0 Å². The van der Waals surface area contributed by atoms with Gasteiger partial charge in [0.05, 0.1) is 0 Å². The van der Waals surface area contributed by atoms with Crippen LogP contribution in [0.1, 0.15) is 6.42 Å². The van der Waals surface area contributed by atoms with Crippen LogP contribution in [-0.2, 0) is 0 Å². The molecular formula is C10H11IN2S. The van der Waals surface area contributed by atoms with E-state index in [4.69, 9.17) is 0 Å². The molecule has 1 aliphatic rings. The molecule has 0 bridgehead atoms. The van der Waals surface area contributed by atoms with Crippen molar-refractivity contribution in [2.24, 2.45) is 4.99 Å². The predicted octanol–water partition coefficient (Wildman–Crippen LogP) is 3.20. The zero-order valence-electron chi connectivity index (χ0n) is 7.66. The number of thioether (sulfide) groups is 1. The van der Waals surface area contributed by atoms with Gasteiger partial charge in [0, 0.05) is 21.6 Å². The summed E-state index contributed by atoms with van der Waals surface area (Å²) in [5, 5.41) is 4.37. The van der Waals surface area contributed by atoms with Crippen molar-refractivity contribution >= 4 is 45.2 Å². The molecule has 0 amide bonds. The van der Waals surface area contributed by atoms with E-state index >= 15 is 0 Å². The van der Waals surface area contributed by atoms with E-state index in [0.29, 0.717) is 0 Å². The number of rotatable bonds is 1. The minimum atomic E-state index is 0.958. The number of anilines is 1. The van der Waals surface area contributed by atoms with Gasteiger partial charge in [-0.25, -0.2) is 0 Å². The first-order chi connectivity index (χ1) is 6.84. The zero-order valence-corrected chi connectivity index (χ0v) is 10.6. The molecule has 74 valence electrons. The second-order valence-corrected chi connectivity index (χ2v) is 5.35. The summed E-state index contributed by atoms with van der Waals surface area (Å²) in [7, 11) is 0. The number of amidine groups is 1. The lowest BCUT2D eigenvalue weighted by molar-refractivity contribution is 0.938. The van der Waals surface area contributed by atoms with Crippen LogP contribution in [0.15, 0.2) is 29.3 Å². The highest BCUT2D eigenvalue weighted by Gasteiger charge is 2.05. The van der Waals surface area contributed by atoms with E-state index < -0.39 is 0 Å². The first-order valence-electron chi connectivity index (χ1n) is 4.54. The van der Waals surface area contributed by atoms with E-state index in [0.717, 1.165) is 17.4 Å². The Balaban J connectivity index is 2.03. The Bertz CT molecular complexity index is 334. The van der Waals surface area contributed by atoms with Crippen molar-refractivity contribution in [1.29, 1.82) is 0 Å². The number of hydrogen-bond donors (Lipinski definition) is 1. The van der Waals surface area contributed by atoms with Gasteiger partial charge in [0.25, 0.3) is 0 Å². The smallest absolute Gasteiger partial charge is 0.161 e. The Kier molecular flexibility index (Phi) is 3.69. The lowest BCUT2D eigenvalue weighted by Crippen LogP contribution is -2.13. The van der Waals surface area contributed by atoms with Crippen LogP contribution in [0, 0.1) is 3.57 Å². The summed E-state index contributed by atoms with van der Waals surface area (Å²) in [6, 6.07) is 8.35. The first-order valence-corrected chi connectivity index (χ1v) is 6.61. The Morgan fingerprint density at radius 2 is 2.07 bits per heavy atom. The van der Waals surface area contributed by atoms with Crippen molar-refractivity contribution in [2.45, 2.75) is 6.42 Å². The highest BCUT2D eigenvalue weighted by molar-refractivity contribution is 14.1. The molecule has 0 spiro atoms. The maximum atomic E-state index is 4.41. The molecule has 2 nitrogen and oxygen atoms in total. The van der Waals surface area contributed by atoms with E-state index in [1.54, 1.807) is 11.8 Å². The van der Waals surface area contributed by atoms with Gasteiger partial charge < -0.3 is 5.32 Å². The molecule has 0 atom stereocenters. The lowest BCUT2D eigenvalue weighted by atomic mass is 10.3. The van der Waals surface area contributed by atoms with Crippen LogP contribution in [-0.4, -0.2) is 17.5 Å². The highest BCUT2D eigenvalue weighted by Crippen LogP contribution is 2.17. The summed E-state index contributed by atoms with van der Waals surface area (Å²) < 4.78 is 1.26. The molecule has 0 unspecified atom stereocenters.